The molecule has 1 saturated heterocycles. The van der Waals surface area contributed by atoms with Gasteiger partial charge in [0.2, 0.25) is 5.91 Å². The third-order valence-electron chi connectivity index (χ3n) is 5.24. The minimum atomic E-state index is -0.298. The van der Waals surface area contributed by atoms with Crippen molar-refractivity contribution in [3.63, 3.8) is 0 Å². The van der Waals surface area contributed by atoms with Crippen LogP contribution in [0.5, 0.6) is 0 Å². The van der Waals surface area contributed by atoms with Crippen LogP contribution in [0.15, 0.2) is 42.5 Å². The van der Waals surface area contributed by atoms with Gasteiger partial charge in [0.15, 0.2) is 0 Å². The molecule has 0 bridgehead atoms. The van der Waals surface area contributed by atoms with Crippen LogP contribution in [-0.4, -0.2) is 29.3 Å². The number of nitrogens with zero attached hydrogens (tertiary/aromatic N) is 2. The Morgan fingerprint density at radius 1 is 0.913 bits per heavy atom. The molecular formula is C19H16N2O2. The molecule has 2 aromatic carbocycles. The molecule has 0 saturated carbocycles. The number of amides is 2. The van der Waals surface area contributed by atoms with Crippen molar-refractivity contribution in [2.24, 2.45) is 0 Å². The summed E-state index contributed by atoms with van der Waals surface area (Å²) < 4.78 is 0. The van der Waals surface area contributed by atoms with Crippen molar-refractivity contribution in [3.8, 4) is 11.1 Å². The van der Waals surface area contributed by atoms with E-state index in [-0.39, 0.29) is 17.9 Å². The van der Waals surface area contributed by atoms with E-state index in [0.717, 1.165) is 35.2 Å². The van der Waals surface area contributed by atoms with E-state index in [0.29, 0.717) is 18.7 Å². The molecule has 4 nitrogen and oxygen atoms in total. The van der Waals surface area contributed by atoms with E-state index in [4.69, 9.17) is 0 Å². The van der Waals surface area contributed by atoms with Gasteiger partial charge in [-0.1, -0.05) is 36.4 Å². The fourth-order valence-electron chi connectivity index (χ4n) is 4.18. The Morgan fingerprint density at radius 3 is 2.61 bits per heavy atom. The number of hydrogen-bond acceptors (Lipinski definition) is 2. The fraction of sp³-hybridized carbons (Fsp3) is 0.263. The smallest absolute Gasteiger partial charge is 0.256 e. The molecular weight excluding hydrogens is 288 g/mol. The summed E-state index contributed by atoms with van der Waals surface area (Å²) in [6, 6.07) is 13.6. The van der Waals surface area contributed by atoms with Gasteiger partial charge in [-0.3, -0.25) is 9.59 Å². The summed E-state index contributed by atoms with van der Waals surface area (Å²) in [6.45, 7) is 1.23. The first-order valence-corrected chi connectivity index (χ1v) is 8.09. The highest BCUT2D eigenvalue weighted by Crippen LogP contribution is 2.44. The summed E-state index contributed by atoms with van der Waals surface area (Å²) in [6.07, 6.45) is 1.67. The summed E-state index contributed by atoms with van der Waals surface area (Å²) in [5.41, 5.74) is 4.73. The van der Waals surface area contributed by atoms with Gasteiger partial charge in [-0.2, -0.15) is 0 Å². The molecule has 3 aliphatic rings. The Kier molecular flexibility index (Phi) is 2.49. The molecule has 3 heterocycles. The van der Waals surface area contributed by atoms with Gasteiger partial charge in [0.25, 0.3) is 5.91 Å². The molecule has 1 atom stereocenters. The Bertz CT molecular complexity index is 858. The molecule has 5 rings (SSSR count). The third kappa shape index (κ3) is 1.61. The minimum absolute atomic E-state index is 0.000388. The lowest BCUT2D eigenvalue weighted by atomic mass is 9.91. The molecule has 1 fully saturated rings. The maximum absolute atomic E-state index is 13.1. The largest absolute Gasteiger partial charge is 0.327 e. The Balaban J connectivity index is 1.81. The average molecular weight is 304 g/mol. The number of anilines is 1. The van der Waals surface area contributed by atoms with Crippen LogP contribution >= 0.6 is 0 Å². The van der Waals surface area contributed by atoms with Gasteiger partial charge in [-0.25, -0.2) is 0 Å². The Labute approximate surface area is 134 Å². The molecule has 3 aliphatic heterocycles. The molecule has 23 heavy (non-hydrogen) atoms. The average Bonchev–Trinajstić information content (AvgIpc) is 3.06. The lowest BCUT2D eigenvalue weighted by Gasteiger charge is -2.32. The van der Waals surface area contributed by atoms with Gasteiger partial charge in [0.1, 0.15) is 6.04 Å². The molecule has 0 radical (unpaired) electrons. The van der Waals surface area contributed by atoms with E-state index in [1.165, 1.54) is 0 Å². The van der Waals surface area contributed by atoms with Crippen molar-refractivity contribution in [3.05, 3.63) is 53.6 Å². The highest BCUT2D eigenvalue weighted by atomic mass is 16.2. The quantitative estimate of drug-likeness (QED) is 0.751. The number of rotatable bonds is 0. The number of para-hydroxylation sites is 1. The van der Waals surface area contributed by atoms with Crippen LogP contribution in [0.25, 0.3) is 11.1 Å². The minimum Gasteiger partial charge on any atom is -0.327 e. The van der Waals surface area contributed by atoms with Crippen LogP contribution in [0.4, 0.5) is 5.69 Å². The van der Waals surface area contributed by atoms with Crippen molar-refractivity contribution in [1.82, 2.24) is 4.90 Å². The van der Waals surface area contributed by atoms with E-state index < -0.39 is 0 Å². The van der Waals surface area contributed by atoms with E-state index in [9.17, 15) is 9.59 Å². The molecule has 4 heteroatoms. The molecule has 114 valence electrons. The first-order chi connectivity index (χ1) is 11.3. The first kappa shape index (κ1) is 12.9. The summed E-state index contributed by atoms with van der Waals surface area (Å²) in [7, 11) is 0. The van der Waals surface area contributed by atoms with Gasteiger partial charge in [-0.05, 0) is 30.0 Å². The molecule has 2 amide bonds. The molecule has 0 spiro atoms. The SMILES string of the molecule is O=C1[C@@H]2CCCN2C(=O)c2cccc3c2N1Cc1ccccc1-3. The zero-order valence-electron chi connectivity index (χ0n) is 12.7. The highest BCUT2D eigenvalue weighted by molar-refractivity contribution is 6.15. The lowest BCUT2D eigenvalue weighted by Crippen LogP contribution is -2.45. The molecule has 0 unspecified atom stereocenters. The number of benzene rings is 2. The Hall–Kier alpha value is -2.62. The third-order valence-corrected chi connectivity index (χ3v) is 5.24. The van der Waals surface area contributed by atoms with Crippen molar-refractivity contribution in [1.29, 1.82) is 0 Å². The zero-order chi connectivity index (χ0) is 15.6. The summed E-state index contributed by atoms with van der Waals surface area (Å²) >= 11 is 0. The fourth-order valence-corrected chi connectivity index (χ4v) is 4.18. The van der Waals surface area contributed by atoms with E-state index in [2.05, 4.69) is 12.1 Å². The second-order valence-electron chi connectivity index (χ2n) is 6.44. The van der Waals surface area contributed by atoms with Crippen LogP contribution in [-0.2, 0) is 11.3 Å². The van der Waals surface area contributed by atoms with Crippen molar-refractivity contribution in [2.45, 2.75) is 25.4 Å². The van der Waals surface area contributed by atoms with Crippen LogP contribution in [0.3, 0.4) is 0 Å². The predicted octanol–water partition coefficient (Wildman–Crippen LogP) is 2.82. The second kappa shape index (κ2) is 4.44. The number of carbonyl (C=O) groups is 2. The van der Waals surface area contributed by atoms with Crippen LogP contribution in [0.2, 0.25) is 0 Å². The summed E-state index contributed by atoms with van der Waals surface area (Å²) in [5, 5.41) is 0. The van der Waals surface area contributed by atoms with Crippen LogP contribution < -0.4 is 4.90 Å². The second-order valence-corrected chi connectivity index (χ2v) is 6.44. The number of fused-ring (bicyclic) bond motifs is 3. The molecule has 0 N–H and O–H groups in total. The Morgan fingerprint density at radius 2 is 1.70 bits per heavy atom. The monoisotopic (exact) mass is 304 g/mol. The standard InChI is InChI=1S/C19H16N2O2/c22-18-15-8-3-7-14-13-6-2-1-5-12(13)11-21(17(14)15)19(23)16-9-4-10-20(16)18/h1-3,5-8,16H,4,9-11H2/t16-/m0/s1. The van der Waals surface area contributed by atoms with Crippen molar-refractivity contribution in [2.75, 3.05) is 11.4 Å². The van der Waals surface area contributed by atoms with E-state index >= 15 is 0 Å². The van der Waals surface area contributed by atoms with Crippen LogP contribution in [0, 0.1) is 0 Å². The maximum atomic E-state index is 13.1. The van der Waals surface area contributed by atoms with Crippen molar-refractivity contribution >= 4 is 17.5 Å². The lowest BCUT2D eigenvalue weighted by molar-refractivity contribution is -0.122. The number of hydrogen-bond donors (Lipinski definition) is 0. The van der Waals surface area contributed by atoms with Gasteiger partial charge < -0.3 is 9.80 Å². The van der Waals surface area contributed by atoms with Gasteiger partial charge >= 0.3 is 0 Å². The van der Waals surface area contributed by atoms with Gasteiger partial charge in [-0.15, -0.1) is 0 Å². The van der Waals surface area contributed by atoms with Crippen LogP contribution in [0.1, 0.15) is 28.8 Å². The van der Waals surface area contributed by atoms with E-state index in [1.807, 2.05) is 35.2 Å². The van der Waals surface area contributed by atoms with Crippen molar-refractivity contribution < 1.29 is 9.59 Å². The molecule has 0 aromatic heterocycles. The molecule has 2 aromatic rings. The number of carbonyl (C=O) groups excluding carboxylic acids is 2. The summed E-state index contributed by atoms with van der Waals surface area (Å²) in [4.78, 5) is 29.7. The predicted molar refractivity (Wildman–Crippen MR) is 87.1 cm³/mol. The van der Waals surface area contributed by atoms with Gasteiger partial charge in [0, 0.05) is 12.1 Å². The zero-order valence-corrected chi connectivity index (χ0v) is 12.7. The normalized spacial score (nSPS) is 21.7. The first-order valence-electron chi connectivity index (χ1n) is 8.09. The highest BCUT2D eigenvalue weighted by Gasteiger charge is 2.44. The van der Waals surface area contributed by atoms with Gasteiger partial charge in [0.05, 0.1) is 17.8 Å². The topological polar surface area (TPSA) is 40.6 Å². The van der Waals surface area contributed by atoms with E-state index in [1.54, 1.807) is 4.90 Å². The maximum Gasteiger partial charge on any atom is 0.256 e. The molecule has 0 aliphatic carbocycles. The summed E-state index contributed by atoms with van der Waals surface area (Å²) in [5.74, 6) is 0.0659.